The van der Waals surface area contributed by atoms with Gasteiger partial charge >= 0.3 is 13.9 Å². The first-order chi connectivity index (χ1) is 10.4. The summed E-state index contributed by atoms with van der Waals surface area (Å²) in [6, 6.07) is 1.37. The molecule has 1 aliphatic rings. The van der Waals surface area contributed by atoms with Crippen LogP contribution in [0.4, 0.5) is 5.82 Å². The van der Waals surface area contributed by atoms with Crippen LogP contribution in [-0.4, -0.2) is 50.7 Å². The van der Waals surface area contributed by atoms with Gasteiger partial charge in [-0.1, -0.05) is 0 Å². The van der Waals surface area contributed by atoms with Crippen LogP contribution in [0.3, 0.4) is 0 Å². The monoisotopic (exact) mass is 352 g/mol. The summed E-state index contributed by atoms with van der Waals surface area (Å²) in [5.74, 6) is 0.0299. The Labute approximate surface area is 130 Å². The second-order valence-electron chi connectivity index (χ2n) is 4.36. The highest BCUT2D eigenvalue weighted by Crippen LogP contribution is 2.35. The molecular weight excluding hydrogens is 337 g/mol. The Morgan fingerprint density at radius 3 is 2.95 bits per heavy atom. The van der Waals surface area contributed by atoms with Gasteiger partial charge in [-0.15, -0.1) is 9.42 Å². The standard InChI is InChI=1S/C10H14N3O7PS/c1-22-18-4-5-8(20-21(16)17)7(14)9(19-5)13-3-2-6(11)12-10(13)15/h2-3,5,7-9,14H,4H2,1H3,(H2-,11,12,15,16,17)/p+1/t5-,7-,8-,9-/m1/s1. The zero-order valence-electron chi connectivity index (χ0n) is 11.4. The Hall–Kier alpha value is -1.07. The molecule has 1 aromatic heterocycles. The average Bonchev–Trinajstić information content (AvgIpc) is 2.73. The van der Waals surface area contributed by atoms with Crippen molar-refractivity contribution in [3.05, 3.63) is 22.7 Å². The van der Waals surface area contributed by atoms with Crippen LogP contribution in [0.5, 0.6) is 0 Å². The van der Waals surface area contributed by atoms with Gasteiger partial charge in [0, 0.05) is 17.0 Å². The molecular formula is C10H15N3O7PS+. The first kappa shape index (κ1) is 17.3. The van der Waals surface area contributed by atoms with Crippen molar-refractivity contribution in [3.63, 3.8) is 0 Å². The van der Waals surface area contributed by atoms with E-state index in [4.69, 9.17) is 24.1 Å². The van der Waals surface area contributed by atoms with Crippen LogP contribution in [0.25, 0.3) is 0 Å². The number of ether oxygens (including phenoxy) is 1. The quantitative estimate of drug-likeness (QED) is 0.448. The fourth-order valence-electron chi connectivity index (χ4n) is 2.07. The Bertz CT molecular complexity index is 600. The number of hydrogen-bond acceptors (Lipinski definition) is 9. The maximum atomic E-state index is 11.8. The van der Waals surface area contributed by atoms with Crippen LogP contribution < -0.4 is 11.4 Å². The summed E-state index contributed by atoms with van der Waals surface area (Å²) in [6.45, 7) is -0.000280. The van der Waals surface area contributed by atoms with E-state index in [0.29, 0.717) is 0 Å². The lowest BCUT2D eigenvalue weighted by Crippen LogP contribution is -2.37. The molecule has 0 saturated carbocycles. The summed E-state index contributed by atoms with van der Waals surface area (Å²) < 4.78 is 27.3. The van der Waals surface area contributed by atoms with E-state index in [-0.39, 0.29) is 12.4 Å². The molecule has 1 unspecified atom stereocenters. The SMILES string of the molecule is CSOC[C@H]1O[C@@H](n2ccc(N)nc2=O)[C@H](O)[C@@H]1O[P+](=O)O. The van der Waals surface area contributed by atoms with E-state index in [1.54, 1.807) is 6.26 Å². The average molecular weight is 352 g/mol. The summed E-state index contributed by atoms with van der Waals surface area (Å²) in [4.78, 5) is 24.3. The highest BCUT2D eigenvalue weighted by Gasteiger charge is 2.50. The van der Waals surface area contributed by atoms with Gasteiger partial charge in [-0.25, -0.2) is 4.79 Å². The topological polar surface area (TPSA) is 146 Å². The highest BCUT2D eigenvalue weighted by molar-refractivity contribution is 7.93. The Kier molecular flexibility index (Phi) is 5.87. The normalized spacial score (nSPS) is 28.8. The summed E-state index contributed by atoms with van der Waals surface area (Å²) in [5.41, 5.74) is 4.68. The number of nitrogen functional groups attached to an aromatic ring is 1. The number of aromatic nitrogens is 2. The van der Waals surface area contributed by atoms with Gasteiger partial charge in [0.1, 0.15) is 18.0 Å². The maximum Gasteiger partial charge on any atom is 0.695 e. The highest BCUT2D eigenvalue weighted by atomic mass is 32.2. The molecule has 1 fully saturated rings. The van der Waals surface area contributed by atoms with E-state index in [2.05, 4.69) is 4.98 Å². The third-order valence-corrected chi connectivity index (χ3v) is 3.79. The molecule has 1 aromatic rings. The molecule has 2 heterocycles. The Balaban J connectivity index is 2.25. The van der Waals surface area contributed by atoms with Crippen LogP contribution in [0.15, 0.2) is 17.1 Å². The molecule has 0 amide bonds. The van der Waals surface area contributed by atoms with Gasteiger partial charge in [0.05, 0.1) is 6.61 Å². The lowest BCUT2D eigenvalue weighted by molar-refractivity contribution is -0.0492. The molecule has 0 radical (unpaired) electrons. The summed E-state index contributed by atoms with van der Waals surface area (Å²) in [6.07, 6.45) is -1.45. The molecule has 5 atom stereocenters. The second kappa shape index (κ2) is 7.47. The van der Waals surface area contributed by atoms with Gasteiger partial charge < -0.3 is 19.8 Å². The lowest BCUT2D eigenvalue weighted by Gasteiger charge is -2.16. The van der Waals surface area contributed by atoms with E-state index < -0.39 is 38.5 Å². The molecule has 1 aliphatic heterocycles. The first-order valence-corrected chi connectivity index (χ1v) is 8.38. The molecule has 0 aromatic carbocycles. The minimum absolute atomic E-state index is 0.000280. The molecule has 12 heteroatoms. The van der Waals surface area contributed by atoms with Gasteiger partial charge in [-0.3, -0.25) is 4.57 Å². The number of aliphatic hydroxyl groups excluding tert-OH is 1. The van der Waals surface area contributed by atoms with Crippen molar-refractivity contribution in [3.8, 4) is 0 Å². The number of anilines is 1. The number of aliphatic hydroxyl groups is 1. The van der Waals surface area contributed by atoms with Crippen molar-refractivity contribution < 1.29 is 28.0 Å². The zero-order chi connectivity index (χ0) is 16.3. The molecule has 10 nitrogen and oxygen atoms in total. The van der Waals surface area contributed by atoms with Gasteiger partial charge in [0.25, 0.3) is 0 Å². The van der Waals surface area contributed by atoms with Crippen LogP contribution in [0.1, 0.15) is 6.23 Å². The van der Waals surface area contributed by atoms with Crippen molar-refractivity contribution in [2.45, 2.75) is 24.5 Å². The van der Waals surface area contributed by atoms with Crippen LogP contribution in [0, 0.1) is 0 Å². The van der Waals surface area contributed by atoms with E-state index in [1.807, 2.05) is 0 Å². The Morgan fingerprint density at radius 1 is 1.64 bits per heavy atom. The van der Waals surface area contributed by atoms with E-state index >= 15 is 0 Å². The third-order valence-electron chi connectivity index (χ3n) is 3.00. The molecule has 0 aliphatic carbocycles. The first-order valence-electron chi connectivity index (χ1n) is 6.10. The van der Waals surface area contributed by atoms with Gasteiger partial charge in [0.15, 0.2) is 12.3 Å². The van der Waals surface area contributed by atoms with E-state index in [1.165, 1.54) is 12.3 Å². The molecule has 122 valence electrons. The van der Waals surface area contributed by atoms with Gasteiger partial charge in [-0.05, 0) is 18.1 Å². The minimum Gasteiger partial charge on any atom is -0.385 e. The zero-order valence-corrected chi connectivity index (χ0v) is 13.1. The predicted octanol–water partition coefficient (Wildman–Crippen LogP) is -0.587. The number of nitrogens with zero attached hydrogens (tertiary/aromatic N) is 2. The molecule has 0 spiro atoms. The van der Waals surface area contributed by atoms with Crippen LogP contribution in [0.2, 0.25) is 0 Å². The fourth-order valence-corrected chi connectivity index (χ4v) is 2.81. The van der Waals surface area contributed by atoms with Crippen LogP contribution >= 0.6 is 20.3 Å². The lowest BCUT2D eigenvalue weighted by atomic mass is 10.1. The molecule has 1 saturated heterocycles. The number of nitrogens with two attached hydrogens (primary N) is 1. The van der Waals surface area contributed by atoms with E-state index in [0.717, 1.165) is 16.6 Å². The molecule has 2 rings (SSSR count). The van der Waals surface area contributed by atoms with Gasteiger partial charge in [0.2, 0.25) is 0 Å². The largest absolute Gasteiger partial charge is 0.695 e. The number of rotatable bonds is 6. The fraction of sp³-hybridized carbons (Fsp3) is 0.600. The second-order valence-corrected chi connectivity index (χ2v) is 5.61. The summed E-state index contributed by atoms with van der Waals surface area (Å²) in [7, 11) is -2.96. The minimum atomic E-state index is -2.96. The summed E-state index contributed by atoms with van der Waals surface area (Å²) in [5, 5.41) is 10.2. The smallest absolute Gasteiger partial charge is 0.385 e. The summed E-state index contributed by atoms with van der Waals surface area (Å²) >= 11 is 1.06. The van der Waals surface area contributed by atoms with E-state index in [9.17, 15) is 14.5 Å². The molecule has 0 bridgehead atoms. The van der Waals surface area contributed by atoms with Crippen molar-refractivity contribution in [2.24, 2.45) is 0 Å². The van der Waals surface area contributed by atoms with Crippen molar-refractivity contribution >= 4 is 26.1 Å². The molecule has 4 N–H and O–H groups in total. The van der Waals surface area contributed by atoms with Crippen LogP contribution in [-0.2, 0) is 18.0 Å². The predicted molar refractivity (Wildman–Crippen MR) is 77.0 cm³/mol. The maximum absolute atomic E-state index is 11.8. The number of hydrogen-bond donors (Lipinski definition) is 3. The molecule has 22 heavy (non-hydrogen) atoms. The van der Waals surface area contributed by atoms with Crippen molar-refractivity contribution in [1.29, 1.82) is 0 Å². The van der Waals surface area contributed by atoms with Gasteiger partial charge in [-0.2, -0.15) is 4.98 Å². The van der Waals surface area contributed by atoms with Crippen molar-refractivity contribution in [2.75, 3.05) is 18.6 Å². The third kappa shape index (κ3) is 3.82. The van der Waals surface area contributed by atoms with Crippen molar-refractivity contribution in [1.82, 2.24) is 9.55 Å². The Morgan fingerprint density at radius 2 is 2.36 bits per heavy atom.